The SMILES string of the molecule is O=[N+]([O-])C1=C2N(Cc3ccc(Cl)nc3)CCN2/C(=N\O)CC1. The molecule has 0 radical (unpaired) electrons. The third-order valence-corrected chi connectivity index (χ3v) is 4.03. The standard InChI is InChI=1S/C13H14ClN5O3/c14-11-3-1-9(7-15-11)8-17-5-6-18-12(16-20)4-2-10(13(17)18)19(21)22/h1,3,7,20H,2,4-6,8H2/b16-12-. The van der Waals surface area contributed by atoms with Crippen LogP contribution < -0.4 is 0 Å². The number of hydrogen-bond donors (Lipinski definition) is 1. The molecule has 8 nitrogen and oxygen atoms in total. The molecule has 0 aromatic carbocycles. The number of rotatable bonds is 3. The minimum absolute atomic E-state index is 0.159. The van der Waals surface area contributed by atoms with Crippen LogP contribution in [0.25, 0.3) is 0 Å². The van der Waals surface area contributed by atoms with Crippen molar-refractivity contribution >= 4 is 17.4 Å². The molecular weight excluding hydrogens is 310 g/mol. The molecule has 116 valence electrons. The van der Waals surface area contributed by atoms with E-state index >= 15 is 0 Å². The van der Waals surface area contributed by atoms with Crippen LogP contribution in [0.1, 0.15) is 18.4 Å². The molecule has 0 spiro atoms. The van der Waals surface area contributed by atoms with Gasteiger partial charge in [-0.05, 0) is 11.6 Å². The average Bonchev–Trinajstić information content (AvgIpc) is 2.92. The van der Waals surface area contributed by atoms with Gasteiger partial charge in [0.25, 0.3) is 5.70 Å². The summed E-state index contributed by atoms with van der Waals surface area (Å²) >= 11 is 5.77. The monoisotopic (exact) mass is 323 g/mol. The van der Waals surface area contributed by atoms with E-state index in [1.54, 1.807) is 17.2 Å². The maximum Gasteiger partial charge on any atom is 0.287 e. The average molecular weight is 324 g/mol. The second kappa shape index (κ2) is 5.80. The van der Waals surface area contributed by atoms with E-state index in [0.717, 1.165) is 5.56 Å². The molecule has 0 aliphatic carbocycles. The smallest absolute Gasteiger partial charge is 0.287 e. The second-order valence-corrected chi connectivity index (χ2v) is 5.49. The Labute approximate surface area is 131 Å². The van der Waals surface area contributed by atoms with Crippen LogP contribution in [-0.4, -0.2) is 43.8 Å². The predicted molar refractivity (Wildman–Crippen MR) is 78.8 cm³/mol. The van der Waals surface area contributed by atoms with Crippen molar-refractivity contribution in [3.05, 3.63) is 50.7 Å². The Morgan fingerprint density at radius 3 is 2.86 bits per heavy atom. The van der Waals surface area contributed by atoms with Gasteiger partial charge in [0, 0.05) is 38.7 Å². The van der Waals surface area contributed by atoms with E-state index < -0.39 is 0 Å². The highest BCUT2D eigenvalue weighted by Crippen LogP contribution is 2.32. The van der Waals surface area contributed by atoms with Gasteiger partial charge in [0.05, 0.1) is 4.92 Å². The number of halogens is 1. The topological polar surface area (TPSA) is 95.1 Å². The number of pyridine rings is 1. The van der Waals surface area contributed by atoms with Crippen LogP contribution >= 0.6 is 11.6 Å². The summed E-state index contributed by atoms with van der Waals surface area (Å²) in [4.78, 5) is 18.6. The van der Waals surface area contributed by atoms with Gasteiger partial charge in [-0.15, -0.1) is 0 Å². The molecule has 22 heavy (non-hydrogen) atoms. The van der Waals surface area contributed by atoms with E-state index in [2.05, 4.69) is 10.1 Å². The van der Waals surface area contributed by atoms with E-state index in [4.69, 9.17) is 16.8 Å². The van der Waals surface area contributed by atoms with Gasteiger partial charge in [0.1, 0.15) is 5.15 Å². The van der Waals surface area contributed by atoms with Crippen LogP contribution in [-0.2, 0) is 6.54 Å². The minimum Gasteiger partial charge on any atom is -0.409 e. The van der Waals surface area contributed by atoms with Crippen LogP contribution in [0.5, 0.6) is 0 Å². The maximum atomic E-state index is 11.3. The Hall–Kier alpha value is -2.35. The number of nitro groups is 1. The number of allylic oxidation sites excluding steroid dienone is 1. The summed E-state index contributed by atoms with van der Waals surface area (Å²) in [5.74, 6) is 0.983. The fraction of sp³-hybridized carbons (Fsp3) is 0.385. The van der Waals surface area contributed by atoms with Crippen molar-refractivity contribution in [2.45, 2.75) is 19.4 Å². The molecule has 3 rings (SSSR count). The maximum absolute atomic E-state index is 11.3. The zero-order valence-corrected chi connectivity index (χ0v) is 12.4. The van der Waals surface area contributed by atoms with Gasteiger partial charge in [0.2, 0.25) is 0 Å². The molecular formula is C13H14ClN5O3. The van der Waals surface area contributed by atoms with Crippen molar-refractivity contribution < 1.29 is 10.1 Å². The number of amidine groups is 1. The highest BCUT2D eigenvalue weighted by molar-refractivity contribution is 6.29. The second-order valence-electron chi connectivity index (χ2n) is 5.11. The highest BCUT2D eigenvalue weighted by Gasteiger charge is 2.39. The highest BCUT2D eigenvalue weighted by atomic mass is 35.5. The van der Waals surface area contributed by atoms with Crippen LogP contribution in [0.2, 0.25) is 5.15 Å². The van der Waals surface area contributed by atoms with E-state index in [9.17, 15) is 10.1 Å². The molecule has 0 amide bonds. The molecule has 1 aromatic rings. The third kappa shape index (κ3) is 2.57. The van der Waals surface area contributed by atoms with Gasteiger partial charge >= 0.3 is 0 Å². The lowest BCUT2D eigenvalue weighted by Crippen LogP contribution is -2.35. The summed E-state index contributed by atoms with van der Waals surface area (Å²) in [7, 11) is 0. The zero-order chi connectivity index (χ0) is 15.7. The lowest BCUT2D eigenvalue weighted by Gasteiger charge is -2.28. The lowest BCUT2D eigenvalue weighted by molar-refractivity contribution is -0.431. The number of oxime groups is 1. The van der Waals surface area contributed by atoms with E-state index in [1.165, 1.54) is 0 Å². The molecule has 0 bridgehead atoms. The first-order chi connectivity index (χ1) is 10.6. The lowest BCUT2D eigenvalue weighted by atomic mass is 10.1. The quantitative estimate of drug-likeness (QED) is 0.395. The van der Waals surface area contributed by atoms with Crippen LogP contribution in [0.3, 0.4) is 0 Å². The summed E-state index contributed by atoms with van der Waals surface area (Å²) < 4.78 is 0. The largest absolute Gasteiger partial charge is 0.409 e. The van der Waals surface area contributed by atoms with Crippen molar-refractivity contribution in [2.24, 2.45) is 5.16 Å². The van der Waals surface area contributed by atoms with Crippen molar-refractivity contribution in [3.63, 3.8) is 0 Å². The third-order valence-electron chi connectivity index (χ3n) is 3.80. The summed E-state index contributed by atoms with van der Waals surface area (Å²) in [6.07, 6.45) is 2.28. The predicted octanol–water partition coefficient (Wildman–Crippen LogP) is 1.88. The molecule has 1 aromatic heterocycles. The van der Waals surface area contributed by atoms with E-state index in [0.29, 0.717) is 42.9 Å². The molecule has 9 heteroatoms. The molecule has 0 saturated carbocycles. The number of nitrogens with zero attached hydrogens (tertiary/aromatic N) is 5. The Kier molecular flexibility index (Phi) is 3.84. The number of hydrogen-bond acceptors (Lipinski definition) is 6. The van der Waals surface area contributed by atoms with Crippen LogP contribution in [0.15, 0.2) is 35.0 Å². The molecule has 3 heterocycles. The summed E-state index contributed by atoms with van der Waals surface area (Å²) in [5, 5.41) is 24.1. The van der Waals surface area contributed by atoms with Crippen molar-refractivity contribution in [1.29, 1.82) is 0 Å². The van der Waals surface area contributed by atoms with E-state index in [-0.39, 0.29) is 17.0 Å². The first-order valence-electron chi connectivity index (χ1n) is 6.81. The number of aromatic nitrogens is 1. The van der Waals surface area contributed by atoms with Crippen molar-refractivity contribution in [2.75, 3.05) is 13.1 Å². The first kappa shape index (κ1) is 14.6. The molecule has 1 saturated heterocycles. The summed E-state index contributed by atoms with van der Waals surface area (Å²) in [6.45, 7) is 1.67. The fourth-order valence-corrected chi connectivity index (χ4v) is 2.93. The van der Waals surface area contributed by atoms with Gasteiger partial charge in [-0.3, -0.25) is 10.1 Å². The van der Waals surface area contributed by atoms with Crippen molar-refractivity contribution in [3.8, 4) is 0 Å². The molecule has 2 aliphatic heterocycles. The fourth-order valence-electron chi connectivity index (χ4n) is 2.82. The molecule has 1 fully saturated rings. The molecule has 2 aliphatic rings. The van der Waals surface area contributed by atoms with Crippen LogP contribution in [0, 0.1) is 10.1 Å². The Bertz CT molecular complexity index is 658. The summed E-state index contributed by atoms with van der Waals surface area (Å²) in [6, 6.07) is 3.53. The van der Waals surface area contributed by atoms with E-state index in [1.807, 2.05) is 11.0 Å². The Morgan fingerprint density at radius 2 is 2.23 bits per heavy atom. The zero-order valence-electron chi connectivity index (χ0n) is 11.6. The minimum atomic E-state index is -0.352. The van der Waals surface area contributed by atoms with Crippen LogP contribution in [0.4, 0.5) is 0 Å². The van der Waals surface area contributed by atoms with Gasteiger partial charge in [0.15, 0.2) is 11.7 Å². The van der Waals surface area contributed by atoms with Gasteiger partial charge in [-0.2, -0.15) is 0 Å². The molecule has 0 atom stereocenters. The van der Waals surface area contributed by atoms with Gasteiger partial charge in [-0.25, -0.2) is 4.98 Å². The van der Waals surface area contributed by atoms with Gasteiger partial charge < -0.3 is 15.0 Å². The normalized spacial score (nSPS) is 19.8. The number of fused-ring (bicyclic) bond motifs is 1. The Balaban J connectivity index is 1.92. The van der Waals surface area contributed by atoms with Gasteiger partial charge in [-0.1, -0.05) is 22.8 Å². The molecule has 1 N–H and O–H groups in total. The summed E-state index contributed by atoms with van der Waals surface area (Å²) in [5.41, 5.74) is 1.07. The molecule has 0 unspecified atom stereocenters. The Morgan fingerprint density at radius 1 is 1.41 bits per heavy atom. The van der Waals surface area contributed by atoms with Crippen molar-refractivity contribution in [1.82, 2.24) is 14.8 Å². The first-order valence-corrected chi connectivity index (χ1v) is 7.19.